The number of rotatable bonds is 5. The zero-order chi connectivity index (χ0) is 20.8. The van der Waals surface area contributed by atoms with E-state index in [-0.39, 0.29) is 18.8 Å². The number of phenolic OH excluding ortho intramolecular Hbond substituents is 1. The second-order valence-electron chi connectivity index (χ2n) is 8.71. The van der Waals surface area contributed by atoms with Gasteiger partial charge in [-0.1, -0.05) is 24.3 Å². The Morgan fingerprint density at radius 3 is 2.53 bits per heavy atom. The third-order valence-corrected chi connectivity index (χ3v) is 6.59. The predicted molar refractivity (Wildman–Crippen MR) is 110 cm³/mol. The smallest absolute Gasteiger partial charge is 0.164 e. The van der Waals surface area contributed by atoms with Crippen LogP contribution in [0.15, 0.2) is 30.3 Å². The fraction of sp³-hybridized carbons (Fsp3) is 0.500. The number of fused-ring (bicyclic) bond motifs is 1. The van der Waals surface area contributed by atoms with Crippen LogP contribution in [-0.4, -0.2) is 52.0 Å². The zero-order valence-corrected chi connectivity index (χ0v) is 16.8. The highest BCUT2D eigenvalue weighted by atomic mass is 16.5. The molecule has 0 radical (unpaired) electrons. The van der Waals surface area contributed by atoms with Gasteiger partial charge in [0.2, 0.25) is 0 Å². The summed E-state index contributed by atoms with van der Waals surface area (Å²) in [6.07, 6.45) is 0.549. The highest BCUT2D eigenvalue weighted by molar-refractivity contribution is 5.58. The van der Waals surface area contributed by atoms with E-state index < -0.39 is 24.4 Å². The monoisotopic (exact) mass is 412 g/mol. The van der Waals surface area contributed by atoms with E-state index >= 15 is 0 Å². The second kappa shape index (κ2) is 7.85. The van der Waals surface area contributed by atoms with Gasteiger partial charge in [0.1, 0.15) is 12.2 Å². The van der Waals surface area contributed by atoms with E-state index in [1.807, 2.05) is 6.07 Å². The molecule has 0 aromatic heterocycles. The molecule has 5 rings (SSSR count). The Morgan fingerprint density at radius 2 is 1.83 bits per heavy atom. The number of aliphatic hydroxyl groups is 3. The Morgan fingerprint density at radius 1 is 1.07 bits per heavy atom. The normalized spacial score (nSPS) is 28.2. The molecule has 1 aliphatic carbocycles. The lowest BCUT2D eigenvalue weighted by molar-refractivity contribution is -0.181. The average molecular weight is 412 g/mol. The van der Waals surface area contributed by atoms with Crippen molar-refractivity contribution in [1.29, 1.82) is 0 Å². The molecule has 6 heteroatoms. The van der Waals surface area contributed by atoms with Crippen molar-refractivity contribution >= 4 is 0 Å². The molecule has 2 aromatic rings. The van der Waals surface area contributed by atoms with E-state index in [1.165, 1.54) is 18.4 Å². The summed E-state index contributed by atoms with van der Waals surface area (Å²) in [4.78, 5) is 0. The number of benzene rings is 2. The van der Waals surface area contributed by atoms with Crippen LogP contribution in [0.3, 0.4) is 0 Å². The van der Waals surface area contributed by atoms with Gasteiger partial charge < -0.3 is 29.9 Å². The molecule has 4 unspecified atom stereocenters. The van der Waals surface area contributed by atoms with Crippen molar-refractivity contribution in [3.05, 3.63) is 58.1 Å². The minimum absolute atomic E-state index is 0.160. The molecule has 4 N–H and O–H groups in total. The summed E-state index contributed by atoms with van der Waals surface area (Å²) >= 11 is 0. The first kappa shape index (κ1) is 19.8. The third-order valence-electron chi connectivity index (χ3n) is 6.59. The molecular weight excluding hydrogens is 384 g/mol. The first-order valence-corrected chi connectivity index (χ1v) is 10.8. The van der Waals surface area contributed by atoms with Gasteiger partial charge in [-0.25, -0.2) is 0 Å². The molecule has 2 aromatic carbocycles. The molecule has 4 atom stereocenters. The average Bonchev–Trinajstić information content (AvgIpc) is 3.48. The van der Waals surface area contributed by atoms with Crippen LogP contribution in [0.4, 0.5) is 0 Å². The van der Waals surface area contributed by atoms with E-state index in [0.717, 1.165) is 22.3 Å². The molecule has 2 aliphatic heterocycles. The predicted octanol–water partition coefficient (Wildman–Crippen LogP) is 2.34. The van der Waals surface area contributed by atoms with Gasteiger partial charge in [0.25, 0.3) is 0 Å². The summed E-state index contributed by atoms with van der Waals surface area (Å²) < 4.78 is 11.7. The number of hydrogen-bond acceptors (Lipinski definition) is 6. The molecule has 0 bridgehead atoms. The maximum absolute atomic E-state index is 10.8. The van der Waals surface area contributed by atoms with Crippen LogP contribution >= 0.6 is 0 Å². The summed E-state index contributed by atoms with van der Waals surface area (Å²) in [6, 6.07) is 10.5. The van der Waals surface area contributed by atoms with E-state index in [2.05, 4.69) is 24.3 Å². The molecule has 160 valence electrons. The summed E-state index contributed by atoms with van der Waals surface area (Å²) in [6.45, 7) is 0.114. The molecule has 0 amide bonds. The van der Waals surface area contributed by atoms with Crippen molar-refractivity contribution < 1.29 is 29.9 Å². The molecule has 30 heavy (non-hydrogen) atoms. The van der Waals surface area contributed by atoms with Crippen molar-refractivity contribution in [1.82, 2.24) is 0 Å². The molecule has 1 saturated heterocycles. The minimum atomic E-state index is -1.11. The number of phenols is 1. The van der Waals surface area contributed by atoms with E-state index in [1.54, 1.807) is 0 Å². The van der Waals surface area contributed by atoms with Crippen molar-refractivity contribution in [3.8, 4) is 11.5 Å². The Hall–Kier alpha value is -2.12. The highest BCUT2D eigenvalue weighted by Gasteiger charge is 2.39. The van der Waals surface area contributed by atoms with E-state index in [0.29, 0.717) is 31.1 Å². The van der Waals surface area contributed by atoms with Gasteiger partial charge in [0.05, 0.1) is 25.4 Å². The molecule has 2 fully saturated rings. The van der Waals surface area contributed by atoms with Crippen molar-refractivity contribution in [2.45, 2.75) is 62.4 Å². The van der Waals surface area contributed by atoms with Crippen LogP contribution < -0.4 is 4.74 Å². The van der Waals surface area contributed by atoms with Crippen LogP contribution in [0.5, 0.6) is 11.5 Å². The Kier molecular flexibility index (Phi) is 5.19. The summed E-state index contributed by atoms with van der Waals surface area (Å²) in [5.74, 6) is 1.35. The Bertz CT molecular complexity index is 920. The van der Waals surface area contributed by atoms with E-state index in [9.17, 15) is 20.4 Å². The lowest BCUT2D eigenvalue weighted by atomic mass is 9.88. The van der Waals surface area contributed by atoms with Gasteiger partial charge in [-0.3, -0.25) is 0 Å². The van der Waals surface area contributed by atoms with Crippen LogP contribution in [0, 0.1) is 0 Å². The highest BCUT2D eigenvalue weighted by Crippen LogP contribution is 2.46. The topological polar surface area (TPSA) is 99.4 Å². The Labute approximate surface area is 175 Å². The molecule has 1 saturated carbocycles. The van der Waals surface area contributed by atoms with Crippen molar-refractivity contribution in [2.75, 3.05) is 13.2 Å². The maximum Gasteiger partial charge on any atom is 0.164 e. The summed E-state index contributed by atoms with van der Waals surface area (Å²) in [7, 11) is 0. The van der Waals surface area contributed by atoms with Crippen LogP contribution in [-0.2, 0) is 17.6 Å². The summed E-state index contributed by atoms with van der Waals surface area (Å²) in [5.41, 5.74) is 4.96. The lowest BCUT2D eigenvalue weighted by Gasteiger charge is -2.37. The SMILES string of the molecule is OCC1OC(c2cc(Cc3ccc(C4CC4)cc3)c(O)c3c2CCO3)CC(O)C1O. The first-order chi connectivity index (χ1) is 14.5. The number of hydrogen-bond donors (Lipinski definition) is 4. The van der Waals surface area contributed by atoms with Gasteiger partial charge in [0.15, 0.2) is 11.5 Å². The third kappa shape index (κ3) is 3.58. The van der Waals surface area contributed by atoms with Gasteiger partial charge in [-0.05, 0) is 41.5 Å². The maximum atomic E-state index is 10.8. The fourth-order valence-electron chi connectivity index (χ4n) is 4.70. The lowest BCUT2D eigenvalue weighted by Crippen LogP contribution is -2.47. The van der Waals surface area contributed by atoms with Gasteiger partial charge >= 0.3 is 0 Å². The standard InChI is InChI=1S/C24H28O6/c25-12-21-23(28)19(26)11-20(30-21)18-10-16(22(27)24-17(18)7-8-29-24)9-13-1-3-14(4-2-13)15-5-6-15/h1-4,10,15,19-21,23,25-28H,5-9,11-12H2. The van der Waals surface area contributed by atoms with Crippen molar-refractivity contribution in [3.63, 3.8) is 0 Å². The zero-order valence-electron chi connectivity index (χ0n) is 16.8. The molecule has 6 nitrogen and oxygen atoms in total. The molecule has 2 heterocycles. The van der Waals surface area contributed by atoms with Gasteiger partial charge in [-0.2, -0.15) is 0 Å². The number of aromatic hydroxyl groups is 1. The number of ether oxygens (including phenoxy) is 2. The quantitative estimate of drug-likeness (QED) is 0.602. The van der Waals surface area contributed by atoms with Gasteiger partial charge in [-0.15, -0.1) is 0 Å². The largest absolute Gasteiger partial charge is 0.504 e. The second-order valence-corrected chi connectivity index (χ2v) is 8.71. The first-order valence-electron chi connectivity index (χ1n) is 10.8. The Balaban J connectivity index is 1.47. The van der Waals surface area contributed by atoms with Crippen LogP contribution in [0.25, 0.3) is 0 Å². The number of aliphatic hydroxyl groups excluding tert-OH is 3. The van der Waals surface area contributed by atoms with E-state index in [4.69, 9.17) is 9.47 Å². The van der Waals surface area contributed by atoms with Crippen molar-refractivity contribution in [2.24, 2.45) is 0 Å². The minimum Gasteiger partial charge on any atom is -0.504 e. The molecule has 3 aliphatic rings. The van der Waals surface area contributed by atoms with Crippen LogP contribution in [0.2, 0.25) is 0 Å². The van der Waals surface area contributed by atoms with Crippen LogP contribution in [0.1, 0.15) is 59.1 Å². The molecule has 0 spiro atoms. The van der Waals surface area contributed by atoms with Gasteiger partial charge in [0, 0.05) is 30.4 Å². The fourth-order valence-corrected chi connectivity index (χ4v) is 4.70. The molecular formula is C24H28O6. The summed E-state index contributed by atoms with van der Waals surface area (Å²) in [5, 5.41) is 40.7.